The summed E-state index contributed by atoms with van der Waals surface area (Å²) in [6.45, 7) is 0.632. The molecule has 2 nitrogen and oxygen atoms in total. The summed E-state index contributed by atoms with van der Waals surface area (Å²) in [5, 5.41) is 0. The fraction of sp³-hybridized carbons (Fsp3) is 0.462. The lowest BCUT2D eigenvalue weighted by atomic mass is 10.0. The Morgan fingerprint density at radius 2 is 2.31 bits per heavy atom. The van der Waals surface area contributed by atoms with Gasteiger partial charge in [-0.1, -0.05) is 22.0 Å². The van der Waals surface area contributed by atoms with Crippen molar-refractivity contribution in [2.75, 3.05) is 6.61 Å². The topological polar surface area (TPSA) is 26.3 Å². The highest BCUT2D eigenvalue weighted by molar-refractivity contribution is 9.10. The number of carbonyl (C=O) groups excluding carboxylic acids is 1. The molecule has 0 saturated heterocycles. The number of halogens is 1. The largest absolute Gasteiger partial charge is 0.494 e. The number of Topliss-reactive ketones (excluding diaryl/α,β-unsaturated/α-hetero) is 1. The summed E-state index contributed by atoms with van der Waals surface area (Å²) in [7, 11) is 0. The smallest absolute Gasteiger partial charge is 0.136 e. The minimum absolute atomic E-state index is 0.243. The van der Waals surface area contributed by atoms with Crippen LogP contribution in [0.5, 0.6) is 5.75 Å². The standard InChI is InChI=1S/C13H15BrO2/c14-11-4-2-5-12(9-11)16-8-7-10-3-1-6-13(10)15/h2,4-5,9-10H,1,3,6-8H2. The number of rotatable bonds is 4. The molecule has 0 aliphatic heterocycles. The van der Waals surface area contributed by atoms with Gasteiger partial charge in [-0.3, -0.25) is 4.79 Å². The van der Waals surface area contributed by atoms with E-state index < -0.39 is 0 Å². The van der Waals surface area contributed by atoms with Gasteiger partial charge in [0.2, 0.25) is 0 Å². The second kappa shape index (κ2) is 5.48. The van der Waals surface area contributed by atoms with Crippen LogP contribution in [0.15, 0.2) is 28.7 Å². The highest BCUT2D eigenvalue weighted by Crippen LogP contribution is 2.25. The van der Waals surface area contributed by atoms with Crippen LogP contribution in [0.4, 0.5) is 0 Å². The number of benzene rings is 1. The van der Waals surface area contributed by atoms with Crippen molar-refractivity contribution in [2.24, 2.45) is 5.92 Å². The van der Waals surface area contributed by atoms with Crippen LogP contribution in [0.3, 0.4) is 0 Å². The summed E-state index contributed by atoms with van der Waals surface area (Å²) < 4.78 is 6.63. The fourth-order valence-corrected chi connectivity index (χ4v) is 2.45. The molecule has 0 spiro atoms. The average Bonchev–Trinajstić information content (AvgIpc) is 2.65. The van der Waals surface area contributed by atoms with Gasteiger partial charge < -0.3 is 4.74 Å². The van der Waals surface area contributed by atoms with Gasteiger partial charge in [0, 0.05) is 16.8 Å². The molecule has 1 atom stereocenters. The minimum Gasteiger partial charge on any atom is -0.494 e. The molecule has 2 rings (SSSR count). The van der Waals surface area contributed by atoms with Gasteiger partial charge in [-0.05, 0) is 37.5 Å². The summed E-state index contributed by atoms with van der Waals surface area (Å²) >= 11 is 3.40. The molecule has 0 aromatic heterocycles. The van der Waals surface area contributed by atoms with Gasteiger partial charge in [0.05, 0.1) is 6.61 Å². The van der Waals surface area contributed by atoms with Gasteiger partial charge in [0.1, 0.15) is 11.5 Å². The Morgan fingerprint density at radius 3 is 3.00 bits per heavy atom. The van der Waals surface area contributed by atoms with Crippen molar-refractivity contribution in [3.63, 3.8) is 0 Å². The van der Waals surface area contributed by atoms with Crippen molar-refractivity contribution >= 4 is 21.7 Å². The lowest BCUT2D eigenvalue weighted by molar-refractivity contribution is -0.121. The molecule has 1 fully saturated rings. The Morgan fingerprint density at radius 1 is 1.44 bits per heavy atom. The monoisotopic (exact) mass is 282 g/mol. The third kappa shape index (κ3) is 3.08. The van der Waals surface area contributed by atoms with Crippen LogP contribution in [0.25, 0.3) is 0 Å². The first-order valence-corrected chi connectivity index (χ1v) is 6.46. The number of hydrogen-bond acceptors (Lipinski definition) is 2. The Balaban J connectivity index is 1.77. The van der Waals surface area contributed by atoms with E-state index in [1.807, 2.05) is 24.3 Å². The number of hydrogen-bond donors (Lipinski definition) is 0. The van der Waals surface area contributed by atoms with Crippen LogP contribution in [0.2, 0.25) is 0 Å². The zero-order valence-corrected chi connectivity index (χ0v) is 10.7. The van der Waals surface area contributed by atoms with Crippen LogP contribution < -0.4 is 4.74 Å². The van der Waals surface area contributed by atoms with E-state index in [9.17, 15) is 4.79 Å². The van der Waals surface area contributed by atoms with Crippen molar-refractivity contribution in [1.82, 2.24) is 0 Å². The average molecular weight is 283 g/mol. The molecule has 16 heavy (non-hydrogen) atoms. The van der Waals surface area contributed by atoms with E-state index in [0.717, 1.165) is 35.9 Å². The lowest BCUT2D eigenvalue weighted by Gasteiger charge is -2.09. The lowest BCUT2D eigenvalue weighted by Crippen LogP contribution is -2.11. The van der Waals surface area contributed by atoms with Gasteiger partial charge in [-0.15, -0.1) is 0 Å². The van der Waals surface area contributed by atoms with Crippen molar-refractivity contribution in [2.45, 2.75) is 25.7 Å². The van der Waals surface area contributed by atoms with Crippen LogP contribution in [-0.2, 0) is 4.79 Å². The summed E-state index contributed by atoms with van der Waals surface area (Å²) in [6.07, 6.45) is 3.72. The third-order valence-electron chi connectivity index (χ3n) is 2.96. The van der Waals surface area contributed by atoms with Crippen LogP contribution in [-0.4, -0.2) is 12.4 Å². The van der Waals surface area contributed by atoms with Crippen molar-refractivity contribution < 1.29 is 9.53 Å². The quantitative estimate of drug-likeness (QED) is 0.844. The van der Waals surface area contributed by atoms with E-state index in [0.29, 0.717) is 12.4 Å². The third-order valence-corrected chi connectivity index (χ3v) is 3.46. The van der Waals surface area contributed by atoms with E-state index >= 15 is 0 Å². The molecule has 1 aliphatic carbocycles. The summed E-state index contributed by atoms with van der Waals surface area (Å²) in [5.41, 5.74) is 0. The van der Waals surface area contributed by atoms with E-state index in [1.54, 1.807) is 0 Å². The van der Waals surface area contributed by atoms with E-state index in [2.05, 4.69) is 15.9 Å². The normalized spacial score (nSPS) is 20.1. The van der Waals surface area contributed by atoms with Gasteiger partial charge in [0.25, 0.3) is 0 Å². The molecule has 1 aliphatic rings. The number of ketones is 1. The zero-order valence-electron chi connectivity index (χ0n) is 9.12. The van der Waals surface area contributed by atoms with Crippen molar-refractivity contribution in [3.05, 3.63) is 28.7 Å². The molecule has 0 amide bonds. The maximum Gasteiger partial charge on any atom is 0.136 e. The molecule has 1 unspecified atom stereocenters. The van der Waals surface area contributed by atoms with Gasteiger partial charge in [-0.25, -0.2) is 0 Å². The highest BCUT2D eigenvalue weighted by atomic mass is 79.9. The molecule has 0 N–H and O–H groups in total. The summed E-state index contributed by atoms with van der Waals surface area (Å²) in [6, 6.07) is 7.78. The fourth-order valence-electron chi connectivity index (χ4n) is 2.07. The zero-order chi connectivity index (χ0) is 11.4. The van der Waals surface area contributed by atoms with Crippen LogP contribution >= 0.6 is 15.9 Å². The first-order valence-electron chi connectivity index (χ1n) is 5.67. The predicted octanol–water partition coefficient (Wildman–Crippen LogP) is 3.59. The maximum atomic E-state index is 11.4. The van der Waals surface area contributed by atoms with Crippen LogP contribution in [0.1, 0.15) is 25.7 Å². The van der Waals surface area contributed by atoms with E-state index in [1.165, 1.54) is 0 Å². The molecule has 0 radical (unpaired) electrons. The molecule has 0 bridgehead atoms. The highest BCUT2D eigenvalue weighted by Gasteiger charge is 2.23. The van der Waals surface area contributed by atoms with Gasteiger partial charge in [-0.2, -0.15) is 0 Å². The number of carbonyl (C=O) groups is 1. The Hall–Kier alpha value is -0.830. The molecular formula is C13H15BrO2. The van der Waals surface area contributed by atoms with Gasteiger partial charge in [0.15, 0.2) is 0 Å². The second-order valence-corrected chi connectivity index (χ2v) is 5.07. The molecule has 1 aromatic rings. The summed E-state index contributed by atoms with van der Waals surface area (Å²) in [5.74, 6) is 1.52. The Kier molecular flexibility index (Phi) is 3.99. The minimum atomic E-state index is 0.243. The maximum absolute atomic E-state index is 11.4. The van der Waals surface area contributed by atoms with E-state index in [4.69, 9.17) is 4.74 Å². The number of ether oxygens (including phenoxy) is 1. The molecular weight excluding hydrogens is 268 g/mol. The molecule has 1 aromatic carbocycles. The predicted molar refractivity (Wildman–Crippen MR) is 66.6 cm³/mol. The second-order valence-electron chi connectivity index (χ2n) is 4.15. The Labute approximate surface area is 104 Å². The molecule has 86 valence electrons. The van der Waals surface area contributed by atoms with Crippen molar-refractivity contribution in [3.8, 4) is 5.75 Å². The SMILES string of the molecule is O=C1CCCC1CCOc1cccc(Br)c1. The molecule has 0 heterocycles. The van der Waals surface area contributed by atoms with Crippen molar-refractivity contribution in [1.29, 1.82) is 0 Å². The Bertz CT molecular complexity index is 376. The summed E-state index contributed by atoms with van der Waals surface area (Å²) in [4.78, 5) is 11.4. The first-order chi connectivity index (χ1) is 7.75. The van der Waals surface area contributed by atoms with Gasteiger partial charge >= 0.3 is 0 Å². The molecule has 3 heteroatoms. The van der Waals surface area contributed by atoms with E-state index in [-0.39, 0.29) is 5.92 Å². The van der Waals surface area contributed by atoms with Crippen LogP contribution in [0, 0.1) is 5.92 Å². The first kappa shape index (κ1) is 11.6. The molecule has 1 saturated carbocycles.